The van der Waals surface area contributed by atoms with Crippen LogP contribution < -0.4 is 5.32 Å². The summed E-state index contributed by atoms with van der Waals surface area (Å²) < 4.78 is 1.23. The highest BCUT2D eigenvalue weighted by Gasteiger charge is 2.37. The van der Waals surface area contributed by atoms with E-state index in [9.17, 15) is 0 Å². The van der Waals surface area contributed by atoms with E-state index in [2.05, 4.69) is 53.5 Å². The highest BCUT2D eigenvalue weighted by molar-refractivity contribution is 9.10. The molecule has 1 aromatic rings. The molecular weight excluding hydrogens is 294 g/mol. The molecule has 1 nitrogen and oxygen atoms in total. The summed E-state index contributed by atoms with van der Waals surface area (Å²) in [6.45, 7) is 7.91. The molecule has 0 unspecified atom stereocenters. The largest absolute Gasteiger partial charge is 0.312 e. The Labute approximate surface area is 117 Å². The maximum absolute atomic E-state index is 3.68. The molecule has 0 atom stereocenters. The van der Waals surface area contributed by atoms with E-state index in [-0.39, 0.29) is 5.54 Å². The third kappa shape index (κ3) is 3.80. The molecule has 1 saturated carbocycles. The lowest BCUT2D eigenvalue weighted by Crippen LogP contribution is -2.47. The Bertz CT molecular complexity index is 374. The highest BCUT2D eigenvalue weighted by atomic mass is 79.9. The number of nitrogens with one attached hydrogen (secondary N) is 1. The second-order valence-electron chi connectivity index (χ2n) is 6.37. The molecule has 96 valence electrons. The summed E-state index contributed by atoms with van der Waals surface area (Å²) in [5, 5.41) is 5.88. The summed E-state index contributed by atoms with van der Waals surface area (Å²) in [6.07, 6.45) is 5.40. The van der Waals surface area contributed by atoms with Crippen LogP contribution in [0.2, 0.25) is 0 Å². The number of rotatable bonds is 4. The van der Waals surface area contributed by atoms with Crippen LogP contribution in [0.5, 0.6) is 0 Å². The van der Waals surface area contributed by atoms with E-state index in [0.29, 0.717) is 5.41 Å². The minimum Gasteiger partial charge on any atom is -0.312 e. The van der Waals surface area contributed by atoms with Crippen LogP contribution in [0.4, 0.5) is 0 Å². The molecule has 0 saturated heterocycles. The van der Waals surface area contributed by atoms with Crippen molar-refractivity contribution in [1.82, 2.24) is 5.32 Å². The molecule has 0 aliphatic heterocycles. The van der Waals surface area contributed by atoms with Gasteiger partial charge in [0, 0.05) is 26.8 Å². The van der Waals surface area contributed by atoms with Gasteiger partial charge in [0.2, 0.25) is 0 Å². The molecule has 1 N–H and O–H groups in total. The number of hydrogen-bond acceptors (Lipinski definition) is 2. The van der Waals surface area contributed by atoms with Crippen molar-refractivity contribution in [1.29, 1.82) is 0 Å². The Balaban J connectivity index is 1.95. The lowest BCUT2D eigenvalue weighted by molar-refractivity contribution is 0.119. The predicted molar refractivity (Wildman–Crippen MR) is 79.8 cm³/mol. The van der Waals surface area contributed by atoms with E-state index >= 15 is 0 Å². The van der Waals surface area contributed by atoms with Crippen LogP contribution in [0.15, 0.2) is 15.9 Å². The molecule has 2 rings (SSSR count). The van der Waals surface area contributed by atoms with Crippen molar-refractivity contribution in [2.45, 2.75) is 52.0 Å². The molecule has 0 spiro atoms. The molecule has 3 heteroatoms. The van der Waals surface area contributed by atoms with E-state index in [1.54, 1.807) is 0 Å². The normalized spacial score (nSPS) is 19.1. The SMILES string of the molecule is CC(C)(C)NCC1(Cc2cc(Br)cs2)CCC1. The molecule has 0 amide bonds. The zero-order valence-corrected chi connectivity index (χ0v) is 13.4. The lowest BCUT2D eigenvalue weighted by Gasteiger charge is -2.44. The first kappa shape index (κ1) is 13.6. The Hall–Kier alpha value is 0.140. The molecule has 1 aliphatic rings. The molecular formula is C14H22BrNS. The predicted octanol–water partition coefficient (Wildman–Crippen LogP) is 4.61. The highest BCUT2D eigenvalue weighted by Crippen LogP contribution is 2.44. The van der Waals surface area contributed by atoms with Gasteiger partial charge in [-0.05, 0) is 67.4 Å². The maximum Gasteiger partial charge on any atom is 0.0285 e. The maximum atomic E-state index is 3.68. The zero-order chi connectivity index (χ0) is 12.5. The fourth-order valence-electron chi connectivity index (χ4n) is 2.36. The molecule has 1 fully saturated rings. The third-order valence-electron chi connectivity index (χ3n) is 3.58. The monoisotopic (exact) mass is 315 g/mol. The van der Waals surface area contributed by atoms with Crippen LogP contribution in [0.25, 0.3) is 0 Å². The molecule has 0 radical (unpaired) electrons. The van der Waals surface area contributed by atoms with E-state index < -0.39 is 0 Å². The standard InChI is InChI=1S/C14H22BrNS/c1-13(2,3)16-10-14(5-4-6-14)8-12-7-11(15)9-17-12/h7,9,16H,4-6,8,10H2,1-3H3. The zero-order valence-electron chi connectivity index (χ0n) is 11.0. The summed E-state index contributed by atoms with van der Waals surface area (Å²) in [5.74, 6) is 0. The van der Waals surface area contributed by atoms with Crippen molar-refractivity contribution >= 4 is 27.3 Å². The lowest BCUT2D eigenvalue weighted by atomic mass is 9.66. The summed E-state index contributed by atoms with van der Waals surface area (Å²) in [6, 6.07) is 2.28. The van der Waals surface area contributed by atoms with Gasteiger partial charge in [-0.15, -0.1) is 11.3 Å². The Morgan fingerprint density at radius 3 is 2.53 bits per heavy atom. The van der Waals surface area contributed by atoms with Crippen molar-refractivity contribution in [3.63, 3.8) is 0 Å². The van der Waals surface area contributed by atoms with Gasteiger partial charge in [-0.25, -0.2) is 0 Å². The molecule has 1 heterocycles. The summed E-state index contributed by atoms with van der Waals surface area (Å²) in [7, 11) is 0. The van der Waals surface area contributed by atoms with Gasteiger partial charge in [0.05, 0.1) is 0 Å². The average molecular weight is 316 g/mol. The second-order valence-corrected chi connectivity index (χ2v) is 8.28. The minimum absolute atomic E-state index is 0.235. The fourth-order valence-corrected chi connectivity index (χ4v) is 3.99. The van der Waals surface area contributed by atoms with Gasteiger partial charge in [-0.1, -0.05) is 6.42 Å². The molecule has 1 aromatic heterocycles. The second kappa shape index (κ2) is 5.02. The first-order valence-electron chi connectivity index (χ1n) is 6.37. The van der Waals surface area contributed by atoms with Crippen LogP contribution in [0.3, 0.4) is 0 Å². The van der Waals surface area contributed by atoms with Crippen LogP contribution >= 0.6 is 27.3 Å². The summed E-state index contributed by atoms with van der Waals surface area (Å²) in [5.41, 5.74) is 0.760. The first-order valence-corrected chi connectivity index (χ1v) is 8.04. The van der Waals surface area contributed by atoms with E-state index in [1.807, 2.05) is 11.3 Å². The fraction of sp³-hybridized carbons (Fsp3) is 0.714. The Morgan fingerprint density at radius 2 is 2.12 bits per heavy atom. The minimum atomic E-state index is 0.235. The van der Waals surface area contributed by atoms with Gasteiger partial charge >= 0.3 is 0 Å². The molecule has 1 aliphatic carbocycles. The van der Waals surface area contributed by atoms with E-state index in [4.69, 9.17) is 0 Å². The van der Waals surface area contributed by atoms with Crippen molar-refractivity contribution in [2.75, 3.05) is 6.54 Å². The Morgan fingerprint density at radius 1 is 1.41 bits per heavy atom. The van der Waals surface area contributed by atoms with Gasteiger partial charge in [0.25, 0.3) is 0 Å². The number of thiophene rings is 1. The number of halogens is 1. The third-order valence-corrected chi connectivity index (χ3v) is 5.28. The van der Waals surface area contributed by atoms with Gasteiger partial charge in [0.15, 0.2) is 0 Å². The average Bonchev–Trinajstić information content (AvgIpc) is 2.54. The van der Waals surface area contributed by atoms with E-state index in [1.165, 1.54) is 35.0 Å². The first-order chi connectivity index (χ1) is 7.89. The van der Waals surface area contributed by atoms with Gasteiger partial charge in [-0.3, -0.25) is 0 Å². The van der Waals surface area contributed by atoms with Crippen LogP contribution in [0.1, 0.15) is 44.9 Å². The quantitative estimate of drug-likeness (QED) is 0.855. The van der Waals surface area contributed by atoms with E-state index in [0.717, 1.165) is 6.54 Å². The number of hydrogen-bond donors (Lipinski definition) is 1. The van der Waals surface area contributed by atoms with Crippen molar-refractivity contribution < 1.29 is 0 Å². The van der Waals surface area contributed by atoms with Crippen LogP contribution in [-0.4, -0.2) is 12.1 Å². The smallest absolute Gasteiger partial charge is 0.0285 e. The molecule has 0 aromatic carbocycles. The summed E-state index contributed by atoms with van der Waals surface area (Å²) >= 11 is 5.43. The molecule has 0 bridgehead atoms. The molecule has 17 heavy (non-hydrogen) atoms. The van der Waals surface area contributed by atoms with Crippen molar-refractivity contribution in [3.05, 3.63) is 20.8 Å². The summed E-state index contributed by atoms with van der Waals surface area (Å²) in [4.78, 5) is 1.52. The topological polar surface area (TPSA) is 12.0 Å². The van der Waals surface area contributed by atoms with Gasteiger partial charge in [-0.2, -0.15) is 0 Å². The Kier molecular flexibility index (Phi) is 4.01. The van der Waals surface area contributed by atoms with Crippen molar-refractivity contribution in [2.24, 2.45) is 5.41 Å². The van der Waals surface area contributed by atoms with Crippen LogP contribution in [-0.2, 0) is 6.42 Å². The van der Waals surface area contributed by atoms with Crippen molar-refractivity contribution in [3.8, 4) is 0 Å². The van der Waals surface area contributed by atoms with Gasteiger partial charge in [0.1, 0.15) is 0 Å². The van der Waals surface area contributed by atoms with Gasteiger partial charge < -0.3 is 5.32 Å². The van der Waals surface area contributed by atoms with Crippen LogP contribution in [0, 0.1) is 5.41 Å².